The molecule has 1 unspecified atom stereocenters. The van der Waals surface area contributed by atoms with Crippen molar-refractivity contribution in [3.8, 4) is 0 Å². The molecule has 7 heteroatoms. The summed E-state index contributed by atoms with van der Waals surface area (Å²) < 4.78 is 0. The minimum atomic E-state index is -0.0334. The maximum atomic E-state index is 13.8. The van der Waals surface area contributed by atoms with E-state index in [1.54, 1.807) is 6.07 Å². The van der Waals surface area contributed by atoms with Crippen molar-refractivity contribution in [2.45, 2.75) is 84.2 Å². The van der Waals surface area contributed by atoms with Crippen LogP contribution in [0.2, 0.25) is 5.02 Å². The Kier molecular flexibility index (Phi) is 7.42. The molecule has 2 heterocycles. The predicted molar refractivity (Wildman–Crippen MR) is 161 cm³/mol. The number of halogens is 1. The summed E-state index contributed by atoms with van der Waals surface area (Å²) >= 11 is 6.43. The number of carbonyl (C=O) groups excluding carboxylic acids is 3. The van der Waals surface area contributed by atoms with Crippen LogP contribution in [0.15, 0.2) is 42.5 Å². The Morgan fingerprint density at radius 3 is 2.29 bits per heavy atom. The average molecular weight is 576 g/mol. The Balaban J connectivity index is 1.15. The van der Waals surface area contributed by atoms with Crippen LogP contribution in [0, 0.1) is 10.8 Å². The summed E-state index contributed by atoms with van der Waals surface area (Å²) in [6, 6.07) is 13.6. The monoisotopic (exact) mass is 575 g/mol. The Morgan fingerprint density at radius 1 is 0.951 bits per heavy atom. The number of benzene rings is 2. The van der Waals surface area contributed by atoms with Gasteiger partial charge in [-0.1, -0.05) is 50.6 Å². The number of likely N-dealkylation sites (tertiary alicyclic amines) is 2. The van der Waals surface area contributed by atoms with Crippen molar-refractivity contribution >= 4 is 29.3 Å². The molecule has 4 aliphatic rings. The first-order valence-corrected chi connectivity index (χ1v) is 15.7. The molecule has 2 aromatic rings. The summed E-state index contributed by atoms with van der Waals surface area (Å²) in [5, 5.41) is 0.484. The molecule has 2 saturated heterocycles. The summed E-state index contributed by atoms with van der Waals surface area (Å²) in [5.74, 6) is 0.317. The van der Waals surface area contributed by atoms with Crippen molar-refractivity contribution in [1.82, 2.24) is 14.7 Å². The van der Waals surface area contributed by atoms with Crippen molar-refractivity contribution in [2.75, 3.05) is 26.2 Å². The number of carbonyl (C=O) groups is 3. The Bertz CT molecular complexity index is 1350. The molecule has 2 aliphatic carbocycles. The fraction of sp³-hybridized carbons (Fsp3) is 0.559. The molecule has 1 saturated carbocycles. The number of nitrogens with zero attached hydrogens (tertiary/aromatic N) is 3. The smallest absolute Gasteiger partial charge is 0.256 e. The second-order valence-electron chi connectivity index (χ2n) is 14.0. The molecule has 0 aromatic heterocycles. The lowest BCUT2D eigenvalue weighted by atomic mass is 9.77. The molecule has 2 aliphatic heterocycles. The second-order valence-corrected chi connectivity index (χ2v) is 14.4. The fourth-order valence-corrected chi connectivity index (χ4v) is 7.40. The van der Waals surface area contributed by atoms with E-state index < -0.39 is 0 Å². The van der Waals surface area contributed by atoms with Gasteiger partial charge in [0.05, 0.1) is 16.6 Å². The van der Waals surface area contributed by atoms with Gasteiger partial charge in [-0.25, -0.2) is 0 Å². The largest absolute Gasteiger partial charge is 0.343 e. The normalized spacial score (nSPS) is 21.7. The summed E-state index contributed by atoms with van der Waals surface area (Å²) in [5.41, 5.74) is 3.71. The zero-order chi connectivity index (χ0) is 28.9. The standard InChI is InChI=1S/C34H42ClN3O3/c1-33(2,3)21-30(39)36-17-14-34(15-18-36)16-19-37(22-34)31(40)24-9-8-23-10-13-29(27(23)20-24)38(25-11-12-25)32(41)26-6-4-5-7-28(26)35/h4-9,20,25,29H,10-19,21-22H2,1-3H3. The lowest BCUT2D eigenvalue weighted by molar-refractivity contribution is -0.135. The summed E-state index contributed by atoms with van der Waals surface area (Å²) in [6.07, 6.45) is 7.29. The SMILES string of the molecule is CC(C)(C)CC(=O)N1CCC2(CC1)CCN(C(=O)c1ccc3c(c1)C(N(C(=O)c1ccccc1Cl)C1CC1)CC3)C2. The number of hydrogen-bond donors (Lipinski definition) is 0. The average Bonchev–Trinajstić information content (AvgIpc) is 3.56. The van der Waals surface area contributed by atoms with Crippen LogP contribution in [0.25, 0.3) is 0 Å². The van der Waals surface area contributed by atoms with Gasteiger partial charge in [0, 0.05) is 44.2 Å². The first-order chi connectivity index (χ1) is 19.5. The quantitative estimate of drug-likeness (QED) is 0.407. The highest BCUT2D eigenvalue weighted by Crippen LogP contribution is 2.45. The number of piperidine rings is 1. The summed E-state index contributed by atoms with van der Waals surface area (Å²) in [4.78, 5) is 46.4. The van der Waals surface area contributed by atoms with E-state index in [4.69, 9.17) is 11.6 Å². The molecule has 218 valence electrons. The van der Waals surface area contributed by atoms with Gasteiger partial charge in [0.1, 0.15) is 0 Å². The van der Waals surface area contributed by atoms with Gasteiger partial charge >= 0.3 is 0 Å². The van der Waals surface area contributed by atoms with E-state index in [0.29, 0.717) is 22.6 Å². The molecular formula is C34H42ClN3O3. The van der Waals surface area contributed by atoms with Gasteiger partial charge in [-0.15, -0.1) is 0 Å². The van der Waals surface area contributed by atoms with Crippen molar-refractivity contribution in [1.29, 1.82) is 0 Å². The third-order valence-electron chi connectivity index (χ3n) is 9.64. The minimum Gasteiger partial charge on any atom is -0.343 e. The maximum Gasteiger partial charge on any atom is 0.256 e. The highest BCUT2D eigenvalue weighted by atomic mass is 35.5. The molecule has 2 aromatic carbocycles. The topological polar surface area (TPSA) is 60.9 Å². The third kappa shape index (κ3) is 5.77. The summed E-state index contributed by atoms with van der Waals surface area (Å²) in [7, 11) is 0. The first-order valence-electron chi connectivity index (χ1n) is 15.3. The molecule has 0 N–H and O–H groups in total. The molecule has 41 heavy (non-hydrogen) atoms. The molecular weight excluding hydrogens is 534 g/mol. The number of amides is 3. The zero-order valence-corrected chi connectivity index (χ0v) is 25.4. The number of hydrogen-bond acceptors (Lipinski definition) is 3. The van der Waals surface area contributed by atoms with Crippen molar-refractivity contribution in [2.24, 2.45) is 10.8 Å². The molecule has 1 atom stereocenters. The van der Waals surface area contributed by atoms with Gasteiger partial charge in [-0.05, 0) is 91.2 Å². The van der Waals surface area contributed by atoms with Crippen molar-refractivity contribution < 1.29 is 14.4 Å². The lowest BCUT2D eigenvalue weighted by Gasteiger charge is -2.40. The van der Waals surface area contributed by atoms with Gasteiger partial charge in [0.15, 0.2) is 0 Å². The highest BCUT2D eigenvalue weighted by Gasteiger charge is 2.44. The van der Waals surface area contributed by atoms with E-state index in [9.17, 15) is 14.4 Å². The van der Waals surface area contributed by atoms with Crippen LogP contribution in [0.1, 0.15) is 104 Å². The zero-order valence-electron chi connectivity index (χ0n) is 24.6. The Morgan fingerprint density at radius 2 is 1.63 bits per heavy atom. The second kappa shape index (κ2) is 10.8. The molecule has 3 amide bonds. The van der Waals surface area contributed by atoms with E-state index in [1.165, 1.54) is 5.56 Å². The molecule has 6 rings (SSSR count). The van der Waals surface area contributed by atoms with Crippen LogP contribution >= 0.6 is 11.6 Å². The third-order valence-corrected chi connectivity index (χ3v) is 9.97. The van der Waals surface area contributed by atoms with Crippen LogP contribution in [-0.2, 0) is 11.2 Å². The van der Waals surface area contributed by atoms with E-state index in [2.05, 4.69) is 32.9 Å². The number of fused-ring (bicyclic) bond motifs is 1. The van der Waals surface area contributed by atoms with E-state index in [1.807, 2.05) is 39.0 Å². The maximum absolute atomic E-state index is 13.8. The van der Waals surface area contributed by atoms with E-state index >= 15 is 0 Å². The Hall–Kier alpha value is -2.86. The Labute approximate surface area is 249 Å². The van der Waals surface area contributed by atoms with Crippen LogP contribution in [-0.4, -0.2) is 64.6 Å². The fourth-order valence-electron chi connectivity index (χ4n) is 7.19. The van der Waals surface area contributed by atoms with E-state index in [-0.39, 0.29) is 40.6 Å². The minimum absolute atomic E-state index is 0.00473. The van der Waals surface area contributed by atoms with Crippen LogP contribution < -0.4 is 0 Å². The molecule has 6 nitrogen and oxygen atoms in total. The van der Waals surface area contributed by atoms with Crippen LogP contribution in [0.4, 0.5) is 0 Å². The van der Waals surface area contributed by atoms with Gasteiger partial charge < -0.3 is 14.7 Å². The molecule has 3 fully saturated rings. The number of aryl methyl sites for hydroxylation is 1. The predicted octanol–water partition coefficient (Wildman–Crippen LogP) is 6.52. The van der Waals surface area contributed by atoms with Gasteiger partial charge in [-0.3, -0.25) is 14.4 Å². The number of rotatable bonds is 5. The first kappa shape index (κ1) is 28.3. The molecule has 0 bridgehead atoms. The van der Waals surface area contributed by atoms with Crippen molar-refractivity contribution in [3.05, 3.63) is 69.7 Å². The molecule has 1 spiro atoms. The van der Waals surface area contributed by atoms with Gasteiger partial charge in [-0.2, -0.15) is 0 Å². The van der Waals surface area contributed by atoms with E-state index in [0.717, 1.165) is 76.7 Å². The van der Waals surface area contributed by atoms with Crippen molar-refractivity contribution in [3.63, 3.8) is 0 Å². The van der Waals surface area contributed by atoms with Crippen LogP contribution in [0.3, 0.4) is 0 Å². The van der Waals surface area contributed by atoms with Crippen LogP contribution in [0.5, 0.6) is 0 Å². The van der Waals surface area contributed by atoms with Gasteiger partial charge in [0.2, 0.25) is 5.91 Å². The molecule has 0 radical (unpaired) electrons. The summed E-state index contributed by atoms with van der Waals surface area (Å²) in [6.45, 7) is 9.41. The van der Waals surface area contributed by atoms with Gasteiger partial charge in [0.25, 0.3) is 11.8 Å². The lowest BCUT2D eigenvalue weighted by Crippen LogP contribution is -2.45. The highest BCUT2D eigenvalue weighted by molar-refractivity contribution is 6.33.